The van der Waals surface area contributed by atoms with Gasteiger partial charge in [-0.2, -0.15) is 4.98 Å². The van der Waals surface area contributed by atoms with Gasteiger partial charge in [0.1, 0.15) is 5.82 Å². The number of amides is 3. The molecule has 1 aliphatic rings. The molecule has 34 heavy (non-hydrogen) atoms. The Bertz CT molecular complexity index is 1190. The van der Waals surface area contributed by atoms with Crippen LogP contribution in [-0.4, -0.2) is 46.1 Å². The zero-order chi connectivity index (χ0) is 24.2. The van der Waals surface area contributed by atoms with Gasteiger partial charge < -0.3 is 9.84 Å². The van der Waals surface area contributed by atoms with Crippen molar-refractivity contribution < 1.29 is 18.5 Å². The predicted molar refractivity (Wildman–Crippen MR) is 126 cm³/mol. The van der Waals surface area contributed by atoms with E-state index in [1.807, 2.05) is 36.9 Å². The summed E-state index contributed by atoms with van der Waals surface area (Å²) in [5.74, 6) is -0.00418. The normalized spacial score (nSPS) is 17.2. The van der Waals surface area contributed by atoms with Gasteiger partial charge in [0, 0.05) is 17.8 Å². The molecule has 4 rings (SSSR count). The van der Waals surface area contributed by atoms with Crippen LogP contribution < -0.4 is 10.6 Å². The van der Waals surface area contributed by atoms with Gasteiger partial charge in [-0.1, -0.05) is 35.0 Å². The Morgan fingerprint density at radius 1 is 1.21 bits per heavy atom. The molecular formula is C25H28FN5O3. The molecule has 0 bridgehead atoms. The zero-order valence-electron chi connectivity index (χ0n) is 19.5. The molecule has 3 aromatic rings. The third-order valence-corrected chi connectivity index (χ3v) is 6.12. The highest BCUT2D eigenvalue weighted by Crippen LogP contribution is 2.28. The average Bonchev–Trinajstić information content (AvgIpc) is 3.31. The predicted octanol–water partition coefficient (Wildman–Crippen LogP) is 4.41. The number of halogens is 1. The molecule has 8 nitrogen and oxygen atoms in total. The van der Waals surface area contributed by atoms with Crippen LogP contribution in [0.5, 0.6) is 0 Å². The van der Waals surface area contributed by atoms with E-state index in [2.05, 4.69) is 20.8 Å². The summed E-state index contributed by atoms with van der Waals surface area (Å²) < 4.78 is 19.0. The first-order valence-corrected chi connectivity index (χ1v) is 11.3. The number of nitrogens with zero attached hydrogens (tertiary/aromatic N) is 3. The number of likely N-dealkylation sites (tertiary alicyclic amines) is 1. The third-order valence-electron chi connectivity index (χ3n) is 6.12. The minimum atomic E-state index is -0.561. The average molecular weight is 466 g/mol. The van der Waals surface area contributed by atoms with Crippen LogP contribution in [0.2, 0.25) is 0 Å². The van der Waals surface area contributed by atoms with Crippen molar-refractivity contribution in [2.45, 2.75) is 45.6 Å². The lowest BCUT2D eigenvalue weighted by Crippen LogP contribution is -2.50. The quantitative estimate of drug-likeness (QED) is 0.579. The van der Waals surface area contributed by atoms with Crippen molar-refractivity contribution in [3.8, 4) is 11.4 Å². The minimum Gasteiger partial charge on any atom is -0.339 e. The maximum atomic E-state index is 13.5. The molecular weight excluding hydrogens is 437 g/mol. The van der Waals surface area contributed by atoms with Crippen molar-refractivity contribution in [3.05, 3.63) is 65.3 Å². The van der Waals surface area contributed by atoms with E-state index in [0.717, 1.165) is 24.0 Å². The molecule has 9 heteroatoms. The van der Waals surface area contributed by atoms with E-state index < -0.39 is 12.1 Å². The van der Waals surface area contributed by atoms with Crippen molar-refractivity contribution >= 4 is 17.6 Å². The fraction of sp³-hybridized carbons (Fsp3) is 0.360. The number of anilines is 1. The number of benzene rings is 2. The second-order valence-electron chi connectivity index (χ2n) is 8.74. The summed E-state index contributed by atoms with van der Waals surface area (Å²) in [4.78, 5) is 31.6. The smallest absolute Gasteiger partial charge is 0.325 e. The molecule has 1 saturated heterocycles. The first-order valence-electron chi connectivity index (χ1n) is 11.3. The van der Waals surface area contributed by atoms with E-state index in [-0.39, 0.29) is 17.6 Å². The number of rotatable bonds is 5. The van der Waals surface area contributed by atoms with Crippen LogP contribution in [0.1, 0.15) is 42.7 Å². The van der Waals surface area contributed by atoms with Crippen LogP contribution in [0.25, 0.3) is 11.4 Å². The molecule has 3 amide bonds. The van der Waals surface area contributed by atoms with Crippen LogP contribution in [-0.2, 0) is 4.79 Å². The van der Waals surface area contributed by atoms with Gasteiger partial charge in [0.15, 0.2) is 0 Å². The molecule has 2 heterocycles. The molecule has 0 spiro atoms. The monoisotopic (exact) mass is 465 g/mol. The molecule has 178 valence electrons. The minimum absolute atomic E-state index is 0.0529. The van der Waals surface area contributed by atoms with Crippen LogP contribution in [0.4, 0.5) is 14.9 Å². The molecule has 2 aromatic carbocycles. The first kappa shape index (κ1) is 23.6. The van der Waals surface area contributed by atoms with Gasteiger partial charge in [-0.05, 0) is 63.9 Å². The summed E-state index contributed by atoms with van der Waals surface area (Å²) in [6.45, 7) is 6.91. The molecule has 2 atom stereocenters. The van der Waals surface area contributed by atoms with Crippen LogP contribution in [0, 0.1) is 19.7 Å². The number of aromatic nitrogens is 2. The standard InChI is InChI=1S/C25H28FN5O3/c1-15-9-10-21(16(2)12-15)27-25(33)29-23(32)17(3)31-11-5-7-19(14-31)24-28-22(30-34-24)18-6-4-8-20(26)13-18/h4,6,8-10,12-13,17,19H,5,7,11,14H2,1-3H3,(H2,27,29,32,33). The number of urea groups is 1. The Kier molecular flexibility index (Phi) is 7.02. The van der Waals surface area contributed by atoms with Crippen molar-refractivity contribution in [3.63, 3.8) is 0 Å². The van der Waals surface area contributed by atoms with Gasteiger partial charge in [0.2, 0.25) is 17.6 Å². The molecule has 1 fully saturated rings. The summed E-state index contributed by atoms with van der Waals surface area (Å²) in [7, 11) is 0. The molecule has 1 aliphatic heterocycles. The highest BCUT2D eigenvalue weighted by Gasteiger charge is 2.31. The van der Waals surface area contributed by atoms with Crippen molar-refractivity contribution in [1.82, 2.24) is 20.4 Å². The van der Waals surface area contributed by atoms with E-state index in [1.54, 1.807) is 19.1 Å². The second-order valence-corrected chi connectivity index (χ2v) is 8.74. The van der Waals surface area contributed by atoms with Gasteiger partial charge in [0.05, 0.1) is 12.0 Å². The summed E-state index contributed by atoms with van der Waals surface area (Å²) in [5, 5.41) is 9.16. The fourth-order valence-corrected chi connectivity index (χ4v) is 4.20. The second kappa shape index (κ2) is 10.1. The topological polar surface area (TPSA) is 100 Å². The maximum absolute atomic E-state index is 13.5. The lowest BCUT2D eigenvalue weighted by molar-refractivity contribution is -0.125. The number of piperidine rings is 1. The van der Waals surface area contributed by atoms with E-state index in [0.29, 0.717) is 36.1 Å². The first-order chi connectivity index (χ1) is 16.3. The van der Waals surface area contributed by atoms with Gasteiger partial charge in [-0.25, -0.2) is 9.18 Å². The highest BCUT2D eigenvalue weighted by molar-refractivity contribution is 6.03. The number of imide groups is 1. The van der Waals surface area contributed by atoms with Gasteiger partial charge in [0.25, 0.3) is 0 Å². The fourth-order valence-electron chi connectivity index (χ4n) is 4.20. The Balaban J connectivity index is 1.36. The van der Waals surface area contributed by atoms with Crippen LogP contribution in [0.15, 0.2) is 47.0 Å². The maximum Gasteiger partial charge on any atom is 0.325 e. The van der Waals surface area contributed by atoms with E-state index >= 15 is 0 Å². The number of hydrogen-bond donors (Lipinski definition) is 2. The molecule has 0 radical (unpaired) electrons. The number of nitrogens with one attached hydrogen (secondary N) is 2. The number of hydrogen-bond acceptors (Lipinski definition) is 6. The zero-order valence-corrected chi connectivity index (χ0v) is 19.5. The SMILES string of the molecule is Cc1ccc(NC(=O)NC(=O)C(C)N2CCCC(c3nc(-c4cccc(F)c4)no3)C2)c(C)c1. The molecule has 0 saturated carbocycles. The summed E-state index contributed by atoms with van der Waals surface area (Å²) in [5.41, 5.74) is 3.22. The highest BCUT2D eigenvalue weighted by atomic mass is 19.1. The number of carbonyl (C=O) groups excluding carboxylic acids is 2. The van der Waals surface area contributed by atoms with Crippen LogP contribution in [0.3, 0.4) is 0 Å². The molecule has 0 aliphatic carbocycles. The van der Waals surface area contributed by atoms with Crippen molar-refractivity contribution in [2.75, 3.05) is 18.4 Å². The molecule has 2 unspecified atom stereocenters. The van der Waals surface area contributed by atoms with E-state index in [9.17, 15) is 14.0 Å². The lowest BCUT2D eigenvalue weighted by atomic mass is 9.96. The lowest BCUT2D eigenvalue weighted by Gasteiger charge is -2.34. The Labute approximate surface area is 197 Å². The third kappa shape index (κ3) is 5.48. The van der Waals surface area contributed by atoms with Gasteiger partial charge >= 0.3 is 6.03 Å². The van der Waals surface area contributed by atoms with Gasteiger partial charge in [-0.15, -0.1) is 0 Å². The Hall–Kier alpha value is -3.59. The van der Waals surface area contributed by atoms with Crippen molar-refractivity contribution in [1.29, 1.82) is 0 Å². The van der Waals surface area contributed by atoms with E-state index in [1.165, 1.54) is 12.1 Å². The molecule has 1 aromatic heterocycles. The summed E-state index contributed by atoms with van der Waals surface area (Å²) in [6, 6.07) is 10.6. The van der Waals surface area contributed by atoms with Gasteiger partial charge in [-0.3, -0.25) is 15.0 Å². The van der Waals surface area contributed by atoms with Crippen molar-refractivity contribution in [2.24, 2.45) is 0 Å². The summed E-state index contributed by atoms with van der Waals surface area (Å²) in [6.07, 6.45) is 1.68. The molecule has 2 N–H and O–H groups in total. The Morgan fingerprint density at radius 3 is 2.79 bits per heavy atom. The largest absolute Gasteiger partial charge is 0.339 e. The number of carbonyl (C=O) groups is 2. The number of aryl methyl sites for hydroxylation is 2. The summed E-state index contributed by atoms with van der Waals surface area (Å²) >= 11 is 0. The Morgan fingerprint density at radius 2 is 2.03 bits per heavy atom. The van der Waals surface area contributed by atoms with Crippen LogP contribution >= 0.6 is 0 Å². The van der Waals surface area contributed by atoms with E-state index in [4.69, 9.17) is 4.52 Å².